The second-order valence-electron chi connectivity index (χ2n) is 6.04. The Morgan fingerprint density at radius 1 is 1.26 bits per heavy atom. The predicted octanol–water partition coefficient (Wildman–Crippen LogP) is 4.29. The number of nitrogens with one attached hydrogen (secondary N) is 1. The molecule has 0 spiro atoms. The Hall–Kier alpha value is -2.00. The normalized spacial score (nSPS) is 15.0. The van der Waals surface area contributed by atoms with E-state index in [-0.39, 0.29) is 18.6 Å². The minimum atomic E-state index is -0.0987. The van der Waals surface area contributed by atoms with Crippen LogP contribution in [0.2, 0.25) is 5.02 Å². The van der Waals surface area contributed by atoms with Gasteiger partial charge in [0, 0.05) is 5.02 Å². The van der Waals surface area contributed by atoms with Crippen molar-refractivity contribution in [1.29, 1.82) is 0 Å². The minimum Gasteiger partial charge on any atom is -0.484 e. The van der Waals surface area contributed by atoms with E-state index in [1.807, 2.05) is 55.5 Å². The van der Waals surface area contributed by atoms with Gasteiger partial charge in [-0.25, -0.2) is 0 Å². The summed E-state index contributed by atoms with van der Waals surface area (Å²) in [5, 5.41) is 3.80. The molecule has 2 aromatic carbocycles. The van der Waals surface area contributed by atoms with Crippen LogP contribution in [0.4, 0.5) is 0 Å². The molecule has 120 valence electrons. The number of carbonyl (C=O) groups excluding carboxylic acids is 1. The molecule has 1 amide bonds. The fraction of sp³-hybridized carbons (Fsp3) is 0.316. The summed E-state index contributed by atoms with van der Waals surface area (Å²) in [4.78, 5) is 12.2. The summed E-state index contributed by atoms with van der Waals surface area (Å²) in [5.41, 5.74) is 2.21. The minimum absolute atomic E-state index is 0.0280. The number of ether oxygens (including phenoxy) is 1. The van der Waals surface area contributed by atoms with Gasteiger partial charge in [-0.3, -0.25) is 4.79 Å². The lowest BCUT2D eigenvalue weighted by atomic mass is 10.0. The van der Waals surface area contributed by atoms with Crippen LogP contribution in [0.25, 0.3) is 0 Å². The summed E-state index contributed by atoms with van der Waals surface area (Å²) in [6.07, 6.45) is 2.29. The average molecular weight is 330 g/mol. The molecule has 4 heteroatoms. The number of hydrogen-bond acceptors (Lipinski definition) is 2. The molecule has 1 atom stereocenters. The number of aryl methyl sites for hydroxylation is 1. The zero-order valence-electron chi connectivity index (χ0n) is 13.1. The Morgan fingerprint density at radius 2 is 2.00 bits per heavy atom. The van der Waals surface area contributed by atoms with Crippen LogP contribution in [0.5, 0.6) is 5.75 Å². The number of amides is 1. The molecule has 0 saturated heterocycles. The van der Waals surface area contributed by atoms with Crippen LogP contribution in [0, 0.1) is 12.8 Å². The Balaban J connectivity index is 1.59. The van der Waals surface area contributed by atoms with E-state index < -0.39 is 0 Å². The van der Waals surface area contributed by atoms with Crippen molar-refractivity contribution in [3.05, 3.63) is 64.7 Å². The topological polar surface area (TPSA) is 38.3 Å². The summed E-state index contributed by atoms with van der Waals surface area (Å²) in [6, 6.07) is 15.4. The first-order valence-corrected chi connectivity index (χ1v) is 8.24. The number of hydrogen-bond donors (Lipinski definition) is 1. The van der Waals surface area contributed by atoms with Crippen LogP contribution in [0.15, 0.2) is 48.5 Å². The molecule has 2 aromatic rings. The number of benzene rings is 2. The first-order chi connectivity index (χ1) is 11.1. The molecule has 0 aliphatic heterocycles. The van der Waals surface area contributed by atoms with E-state index in [1.54, 1.807) is 0 Å². The maximum atomic E-state index is 12.2. The van der Waals surface area contributed by atoms with Crippen LogP contribution in [0.1, 0.15) is 30.0 Å². The van der Waals surface area contributed by atoms with Gasteiger partial charge in [-0.2, -0.15) is 0 Å². The first-order valence-electron chi connectivity index (χ1n) is 7.86. The number of halogens is 1. The Morgan fingerprint density at radius 3 is 2.65 bits per heavy atom. The highest BCUT2D eigenvalue weighted by molar-refractivity contribution is 6.30. The molecule has 3 rings (SSSR count). The Bertz CT molecular complexity index is 680. The van der Waals surface area contributed by atoms with Crippen molar-refractivity contribution in [2.75, 3.05) is 6.61 Å². The van der Waals surface area contributed by atoms with Crippen molar-refractivity contribution in [2.45, 2.75) is 25.8 Å². The van der Waals surface area contributed by atoms with E-state index in [0.29, 0.717) is 10.9 Å². The second kappa shape index (κ2) is 7.05. The van der Waals surface area contributed by atoms with E-state index in [4.69, 9.17) is 16.3 Å². The van der Waals surface area contributed by atoms with Gasteiger partial charge in [-0.15, -0.1) is 0 Å². The second-order valence-corrected chi connectivity index (χ2v) is 6.48. The van der Waals surface area contributed by atoms with Gasteiger partial charge in [-0.05, 0) is 61.1 Å². The molecule has 1 N–H and O–H groups in total. The van der Waals surface area contributed by atoms with Gasteiger partial charge in [0.05, 0.1) is 6.04 Å². The Labute approximate surface area is 141 Å². The molecule has 0 radical (unpaired) electrons. The van der Waals surface area contributed by atoms with Gasteiger partial charge in [0.2, 0.25) is 0 Å². The molecule has 1 aliphatic rings. The highest BCUT2D eigenvalue weighted by Gasteiger charge is 2.33. The van der Waals surface area contributed by atoms with Crippen molar-refractivity contribution in [1.82, 2.24) is 5.32 Å². The van der Waals surface area contributed by atoms with Gasteiger partial charge >= 0.3 is 0 Å². The van der Waals surface area contributed by atoms with E-state index in [9.17, 15) is 4.79 Å². The van der Waals surface area contributed by atoms with Gasteiger partial charge in [0.15, 0.2) is 6.61 Å². The molecule has 3 nitrogen and oxygen atoms in total. The third kappa shape index (κ3) is 4.49. The number of carbonyl (C=O) groups is 1. The standard InChI is InChI=1S/C19H20ClNO2/c1-13-3-2-4-17(11-13)23-12-18(22)21-19(14-5-6-14)15-7-9-16(20)10-8-15/h2-4,7-11,14,19H,5-6,12H2,1H3,(H,21,22)/t19-/m1/s1. The summed E-state index contributed by atoms with van der Waals surface area (Å²) >= 11 is 5.94. The van der Waals surface area contributed by atoms with E-state index in [0.717, 1.165) is 29.7 Å². The van der Waals surface area contributed by atoms with Crippen LogP contribution >= 0.6 is 11.6 Å². The van der Waals surface area contributed by atoms with Crippen molar-refractivity contribution < 1.29 is 9.53 Å². The van der Waals surface area contributed by atoms with Crippen LogP contribution in [-0.4, -0.2) is 12.5 Å². The van der Waals surface area contributed by atoms with Crippen LogP contribution in [-0.2, 0) is 4.79 Å². The van der Waals surface area contributed by atoms with Crippen LogP contribution in [0.3, 0.4) is 0 Å². The van der Waals surface area contributed by atoms with Crippen molar-refractivity contribution in [3.63, 3.8) is 0 Å². The van der Waals surface area contributed by atoms with Crippen molar-refractivity contribution >= 4 is 17.5 Å². The average Bonchev–Trinajstić information content (AvgIpc) is 3.36. The predicted molar refractivity (Wildman–Crippen MR) is 91.7 cm³/mol. The molecule has 1 aliphatic carbocycles. The Kier molecular flexibility index (Phi) is 4.87. The van der Waals surface area contributed by atoms with E-state index in [2.05, 4.69) is 5.32 Å². The fourth-order valence-corrected chi connectivity index (χ4v) is 2.77. The molecule has 0 unspecified atom stereocenters. The maximum Gasteiger partial charge on any atom is 0.258 e. The summed E-state index contributed by atoms with van der Waals surface area (Å²) < 4.78 is 5.57. The smallest absolute Gasteiger partial charge is 0.258 e. The molecular weight excluding hydrogens is 310 g/mol. The lowest BCUT2D eigenvalue weighted by molar-refractivity contribution is -0.124. The summed E-state index contributed by atoms with van der Waals surface area (Å²) in [7, 11) is 0. The molecule has 1 saturated carbocycles. The van der Waals surface area contributed by atoms with Gasteiger partial charge < -0.3 is 10.1 Å². The van der Waals surface area contributed by atoms with Gasteiger partial charge in [-0.1, -0.05) is 35.9 Å². The molecule has 23 heavy (non-hydrogen) atoms. The third-order valence-electron chi connectivity index (χ3n) is 4.00. The zero-order chi connectivity index (χ0) is 16.2. The van der Waals surface area contributed by atoms with Crippen molar-refractivity contribution in [3.8, 4) is 5.75 Å². The largest absolute Gasteiger partial charge is 0.484 e. The SMILES string of the molecule is Cc1cccc(OCC(=O)N[C@@H](c2ccc(Cl)cc2)C2CC2)c1. The molecule has 0 bridgehead atoms. The van der Waals surface area contributed by atoms with E-state index in [1.165, 1.54) is 0 Å². The number of rotatable bonds is 6. The summed E-state index contributed by atoms with van der Waals surface area (Å²) in [6.45, 7) is 2.02. The van der Waals surface area contributed by atoms with Crippen molar-refractivity contribution in [2.24, 2.45) is 5.92 Å². The monoisotopic (exact) mass is 329 g/mol. The quantitative estimate of drug-likeness (QED) is 0.858. The highest BCUT2D eigenvalue weighted by atomic mass is 35.5. The van der Waals surface area contributed by atoms with Gasteiger partial charge in [0.25, 0.3) is 5.91 Å². The molecule has 0 heterocycles. The van der Waals surface area contributed by atoms with Gasteiger partial charge in [0.1, 0.15) is 5.75 Å². The van der Waals surface area contributed by atoms with Crippen LogP contribution < -0.4 is 10.1 Å². The molecule has 1 fully saturated rings. The van der Waals surface area contributed by atoms with E-state index >= 15 is 0 Å². The maximum absolute atomic E-state index is 12.2. The summed E-state index contributed by atoms with van der Waals surface area (Å²) in [5.74, 6) is 1.13. The third-order valence-corrected chi connectivity index (χ3v) is 4.25. The zero-order valence-corrected chi connectivity index (χ0v) is 13.8. The fourth-order valence-electron chi connectivity index (χ4n) is 2.64. The molecular formula is C19H20ClNO2. The highest BCUT2D eigenvalue weighted by Crippen LogP contribution is 2.41. The lowest BCUT2D eigenvalue weighted by Crippen LogP contribution is -2.33. The first kappa shape index (κ1) is 15.9. The lowest BCUT2D eigenvalue weighted by Gasteiger charge is -2.19. The molecule has 0 aromatic heterocycles.